The molecule has 0 spiro atoms. The number of hydrogen-bond donors (Lipinski definition) is 1. The van der Waals surface area contributed by atoms with E-state index in [0.717, 1.165) is 25.1 Å². The second kappa shape index (κ2) is 8.33. The van der Waals surface area contributed by atoms with Gasteiger partial charge in [-0.1, -0.05) is 12.1 Å². The third-order valence-electron chi connectivity index (χ3n) is 4.34. The van der Waals surface area contributed by atoms with E-state index in [2.05, 4.69) is 17.5 Å². The molecular formula is C19H20N2O4S. The van der Waals surface area contributed by atoms with Gasteiger partial charge in [0.1, 0.15) is 12.4 Å². The zero-order chi connectivity index (χ0) is 18.5. The van der Waals surface area contributed by atoms with Crippen LogP contribution in [0.1, 0.15) is 22.3 Å². The second-order valence-electron chi connectivity index (χ2n) is 6.31. The van der Waals surface area contributed by atoms with E-state index in [1.807, 2.05) is 12.1 Å². The molecular weight excluding hydrogens is 352 g/mol. The molecule has 1 saturated heterocycles. The number of rotatable bonds is 7. The molecule has 0 amide bonds. The number of nitro benzene ring substituents is 1. The number of benzene rings is 2. The van der Waals surface area contributed by atoms with Crippen molar-refractivity contribution >= 4 is 24.1 Å². The quantitative estimate of drug-likeness (QED) is 0.349. The number of Topliss-reactive ketones (excluding diaryl/α,β-unsaturated/α-hetero) is 1. The van der Waals surface area contributed by atoms with Crippen LogP contribution in [0.2, 0.25) is 0 Å². The highest BCUT2D eigenvalue weighted by Crippen LogP contribution is 2.22. The van der Waals surface area contributed by atoms with Gasteiger partial charge in [0, 0.05) is 23.9 Å². The first-order valence-electron chi connectivity index (χ1n) is 8.41. The summed E-state index contributed by atoms with van der Waals surface area (Å²) in [5, 5.41) is 11.0. The molecule has 7 heteroatoms. The molecule has 2 aromatic carbocycles. The highest BCUT2D eigenvalue weighted by molar-refractivity contribution is 7.81. The van der Waals surface area contributed by atoms with Crippen LogP contribution >= 0.6 is 12.6 Å². The number of nitro groups is 1. The SMILES string of the molecule is O=C(CN1CCC(S)C1)c1ccccc1OCc1ccc([N+](=O)[O-])cc1. The number of hydrogen-bond acceptors (Lipinski definition) is 6. The van der Waals surface area contributed by atoms with Crippen LogP contribution in [0.4, 0.5) is 5.69 Å². The fourth-order valence-corrected chi connectivity index (χ4v) is 3.29. The number of para-hydroxylation sites is 1. The van der Waals surface area contributed by atoms with Crippen molar-refractivity contribution in [1.29, 1.82) is 0 Å². The minimum atomic E-state index is -0.438. The predicted octanol–water partition coefficient (Wildman–Crippen LogP) is 3.36. The molecule has 1 fully saturated rings. The average Bonchev–Trinajstić information content (AvgIpc) is 3.05. The summed E-state index contributed by atoms with van der Waals surface area (Å²) in [7, 11) is 0. The van der Waals surface area contributed by atoms with Crippen molar-refractivity contribution in [1.82, 2.24) is 4.90 Å². The van der Waals surface area contributed by atoms with E-state index in [9.17, 15) is 14.9 Å². The molecule has 0 N–H and O–H groups in total. The molecule has 1 unspecified atom stereocenters. The van der Waals surface area contributed by atoms with Crippen LogP contribution in [0.5, 0.6) is 5.75 Å². The lowest BCUT2D eigenvalue weighted by atomic mass is 10.1. The molecule has 1 heterocycles. The number of thiol groups is 1. The summed E-state index contributed by atoms with van der Waals surface area (Å²) < 4.78 is 5.81. The minimum Gasteiger partial charge on any atom is -0.488 e. The van der Waals surface area contributed by atoms with Gasteiger partial charge in [0.2, 0.25) is 0 Å². The Morgan fingerprint density at radius 2 is 1.96 bits per heavy atom. The van der Waals surface area contributed by atoms with Crippen LogP contribution in [-0.2, 0) is 6.61 Å². The number of nitrogens with zero attached hydrogens (tertiary/aromatic N) is 2. The Balaban J connectivity index is 1.65. The molecule has 3 rings (SSSR count). The van der Waals surface area contributed by atoms with Crippen molar-refractivity contribution in [3.63, 3.8) is 0 Å². The number of ketones is 1. The van der Waals surface area contributed by atoms with E-state index in [1.54, 1.807) is 24.3 Å². The number of ether oxygens (including phenoxy) is 1. The number of non-ortho nitro benzene ring substituents is 1. The molecule has 26 heavy (non-hydrogen) atoms. The number of carbonyl (C=O) groups is 1. The van der Waals surface area contributed by atoms with Crippen LogP contribution in [0.3, 0.4) is 0 Å². The molecule has 0 aromatic heterocycles. The lowest BCUT2D eigenvalue weighted by Crippen LogP contribution is -2.28. The van der Waals surface area contributed by atoms with E-state index >= 15 is 0 Å². The Labute approximate surface area is 157 Å². The van der Waals surface area contributed by atoms with Gasteiger partial charge in [-0.2, -0.15) is 12.6 Å². The van der Waals surface area contributed by atoms with Gasteiger partial charge >= 0.3 is 0 Å². The predicted molar refractivity (Wildman–Crippen MR) is 102 cm³/mol. The fourth-order valence-electron chi connectivity index (χ4n) is 2.94. The third-order valence-corrected chi connectivity index (χ3v) is 4.77. The first kappa shape index (κ1) is 18.4. The zero-order valence-electron chi connectivity index (χ0n) is 14.2. The zero-order valence-corrected chi connectivity index (χ0v) is 15.1. The normalized spacial score (nSPS) is 17.2. The summed E-state index contributed by atoms with van der Waals surface area (Å²) >= 11 is 4.46. The molecule has 1 atom stereocenters. The molecule has 0 aliphatic carbocycles. The Kier molecular flexibility index (Phi) is 5.90. The van der Waals surface area contributed by atoms with Crippen LogP contribution in [0, 0.1) is 10.1 Å². The molecule has 0 radical (unpaired) electrons. The van der Waals surface area contributed by atoms with Gasteiger partial charge in [-0.25, -0.2) is 0 Å². The van der Waals surface area contributed by atoms with Crippen LogP contribution in [0.25, 0.3) is 0 Å². The first-order chi connectivity index (χ1) is 12.5. The second-order valence-corrected chi connectivity index (χ2v) is 7.04. The van der Waals surface area contributed by atoms with E-state index in [0.29, 0.717) is 23.1 Å². The van der Waals surface area contributed by atoms with E-state index in [1.165, 1.54) is 12.1 Å². The molecule has 6 nitrogen and oxygen atoms in total. The lowest BCUT2D eigenvalue weighted by Gasteiger charge is -2.16. The highest BCUT2D eigenvalue weighted by Gasteiger charge is 2.23. The molecule has 0 bridgehead atoms. The van der Waals surface area contributed by atoms with Crippen molar-refractivity contribution in [2.75, 3.05) is 19.6 Å². The molecule has 1 aliphatic heterocycles. The summed E-state index contributed by atoms with van der Waals surface area (Å²) in [5.41, 5.74) is 1.39. The van der Waals surface area contributed by atoms with Gasteiger partial charge in [-0.3, -0.25) is 19.8 Å². The maximum absolute atomic E-state index is 12.6. The summed E-state index contributed by atoms with van der Waals surface area (Å²) in [6.45, 7) is 2.30. The van der Waals surface area contributed by atoms with Gasteiger partial charge in [0.15, 0.2) is 5.78 Å². The monoisotopic (exact) mass is 372 g/mol. The molecule has 0 saturated carbocycles. The van der Waals surface area contributed by atoms with Crippen LogP contribution in [0.15, 0.2) is 48.5 Å². The fraction of sp³-hybridized carbons (Fsp3) is 0.316. The topological polar surface area (TPSA) is 72.7 Å². The largest absolute Gasteiger partial charge is 0.488 e. The Bertz CT molecular complexity index is 794. The van der Waals surface area contributed by atoms with Gasteiger partial charge in [-0.05, 0) is 42.8 Å². The summed E-state index contributed by atoms with van der Waals surface area (Å²) in [6, 6.07) is 13.4. The van der Waals surface area contributed by atoms with E-state index in [4.69, 9.17) is 4.74 Å². The maximum Gasteiger partial charge on any atom is 0.269 e. The summed E-state index contributed by atoms with van der Waals surface area (Å²) in [5.74, 6) is 0.546. The standard InChI is InChI=1S/C19H20N2O4S/c22-18(12-20-10-9-16(26)11-20)17-3-1-2-4-19(17)25-13-14-5-7-15(8-6-14)21(23)24/h1-8,16,26H,9-13H2. The molecule has 1 aliphatic rings. The van der Waals surface area contributed by atoms with E-state index < -0.39 is 4.92 Å². The van der Waals surface area contributed by atoms with Crippen LogP contribution < -0.4 is 4.74 Å². The van der Waals surface area contributed by atoms with E-state index in [-0.39, 0.29) is 18.1 Å². The Hall–Kier alpha value is -2.38. The molecule has 136 valence electrons. The van der Waals surface area contributed by atoms with Crippen molar-refractivity contribution < 1.29 is 14.5 Å². The van der Waals surface area contributed by atoms with Gasteiger partial charge in [0.25, 0.3) is 5.69 Å². The number of likely N-dealkylation sites (tertiary alicyclic amines) is 1. The summed E-state index contributed by atoms with van der Waals surface area (Å²) in [6.07, 6.45) is 0.995. The smallest absolute Gasteiger partial charge is 0.269 e. The van der Waals surface area contributed by atoms with Crippen molar-refractivity contribution in [2.45, 2.75) is 18.3 Å². The van der Waals surface area contributed by atoms with Gasteiger partial charge in [-0.15, -0.1) is 0 Å². The highest BCUT2D eigenvalue weighted by atomic mass is 32.1. The lowest BCUT2D eigenvalue weighted by molar-refractivity contribution is -0.384. The molecule has 2 aromatic rings. The maximum atomic E-state index is 12.6. The van der Waals surface area contributed by atoms with Crippen molar-refractivity contribution in [2.24, 2.45) is 0 Å². The summed E-state index contributed by atoms with van der Waals surface area (Å²) in [4.78, 5) is 25.0. The average molecular weight is 372 g/mol. The van der Waals surface area contributed by atoms with Gasteiger partial charge in [0.05, 0.1) is 17.0 Å². The first-order valence-corrected chi connectivity index (χ1v) is 8.93. The van der Waals surface area contributed by atoms with Crippen molar-refractivity contribution in [3.8, 4) is 5.75 Å². The van der Waals surface area contributed by atoms with Crippen LogP contribution in [-0.4, -0.2) is 40.5 Å². The minimum absolute atomic E-state index is 0.0201. The third kappa shape index (κ3) is 4.62. The number of carbonyl (C=O) groups excluding carboxylic acids is 1. The van der Waals surface area contributed by atoms with Crippen molar-refractivity contribution in [3.05, 3.63) is 69.8 Å². The Morgan fingerprint density at radius 1 is 1.23 bits per heavy atom. The van der Waals surface area contributed by atoms with Gasteiger partial charge < -0.3 is 4.74 Å². The Morgan fingerprint density at radius 3 is 2.62 bits per heavy atom.